The molecule has 0 aliphatic carbocycles. The number of amides is 1. The summed E-state index contributed by atoms with van der Waals surface area (Å²) in [7, 11) is 0. The van der Waals surface area contributed by atoms with Crippen LogP contribution < -0.4 is 5.32 Å². The first-order chi connectivity index (χ1) is 14.2. The summed E-state index contributed by atoms with van der Waals surface area (Å²) in [5.74, 6) is 1.18. The van der Waals surface area contributed by atoms with Gasteiger partial charge in [-0.25, -0.2) is 0 Å². The quantitative estimate of drug-likeness (QED) is 0.556. The molecule has 162 valence electrons. The summed E-state index contributed by atoms with van der Waals surface area (Å²) >= 11 is 0. The van der Waals surface area contributed by atoms with E-state index in [0.29, 0.717) is 29.8 Å². The van der Waals surface area contributed by atoms with Gasteiger partial charge in [0.1, 0.15) is 17.9 Å². The van der Waals surface area contributed by atoms with Crippen LogP contribution in [0.1, 0.15) is 42.8 Å². The first-order valence-corrected chi connectivity index (χ1v) is 10.5. The number of carbonyl (C=O) groups is 1. The van der Waals surface area contributed by atoms with Gasteiger partial charge in [0.15, 0.2) is 0 Å². The molecule has 30 heavy (non-hydrogen) atoms. The Morgan fingerprint density at radius 2 is 1.83 bits per heavy atom. The molecule has 1 aliphatic rings. The van der Waals surface area contributed by atoms with Crippen LogP contribution in [0, 0.1) is 35.8 Å². The molecule has 1 aliphatic heterocycles. The van der Waals surface area contributed by atoms with E-state index in [1.807, 2.05) is 18.2 Å². The molecule has 1 N–H and O–H groups in total. The molecule has 1 amide bonds. The topological polar surface area (TPSA) is 93.3 Å². The van der Waals surface area contributed by atoms with Gasteiger partial charge in [-0.2, -0.15) is 5.10 Å². The van der Waals surface area contributed by atoms with Crippen LogP contribution in [0.15, 0.2) is 24.3 Å². The van der Waals surface area contributed by atoms with Crippen molar-refractivity contribution in [2.75, 3.05) is 13.1 Å². The van der Waals surface area contributed by atoms with Gasteiger partial charge in [-0.3, -0.25) is 24.5 Å². The van der Waals surface area contributed by atoms with Gasteiger partial charge in [0.05, 0.1) is 4.92 Å². The first kappa shape index (κ1) is 22.0. The number of nitrogens with one attached hydrogen (secondary N) is 1. The Bertz CT molecular complexity index is 913. The van der Waals surface area contributed by atoms with Crippen LogP contribution >= 0.6 is 0 Å². The van der Waals surface area contributed by atoms with E-state index in [2.05, 4.69) is 35.2 Å². The number of aryl methyl sites for hydroxylation is 1. The maximum atomic E-state index is 12.5. The summed E-state index contributed by atoms with van der Waals surface area (Å²) in [6.07, 6.45) is 1.28. The minimum Gasteiger partial charge on any atom is -0.350 e. The molecule has 2 heterocycles. The van der Waals surface area contributed by atoms with Gasteiger partial charge in [0.2, 0.25) is 5.91 Å². The van der Waals surface area contributed by atoms with Crippen LogP contribution in [0.3, 0.4) is 0 Å². The third kappa shape index (κ3) is 5.24. The van der Waals surface area contributed by atoms with E-state index >= 15 is 0 Å². The van der Waals surface area contributed by atoms with Crippen LogP contribution in [-0.4, -0.2) is 38.6 Å². The predicted octanol–water partition coefficient (Wildman–Crippen LogP) is 3.20. The predicted molar refractivity (Wildman–Crippen MR) is 115 cm³/mol. The van der Waals surface area contributed by atoms with Crippen molar-refractivity contribution < 1.29 is 9.72 Å². The number of hydrogen-bond acceptors (Lipinski definition) is 5. The average Bonchev–Trinajstić information content (AvgIpc) is 2.93. The summed E-state index contributed by atoms with van der Waals surface area (Å²) < 4.78 is 1.39. The number of nitrogens with zero attached hydrogens (tertiary/aromatic N) is 4. The fraction of sp³-hybridized carbons (Fsp3) is 0.545. The van der Waals surface area contributed by atoms with Gasteiger partial charge in [-0.1, -0.05) is 38.1 Å². The zero-order valence-corrected chi connectivity index (χ0v) is 18.2. The molecule has 1 aromatic carbocycles. The Morgan fingerprint density at radius 3 is 2.43 bits per heavy atom. The Morgan fingerprint density at radius 1 is 1.20 bits per heavy atom. The van der Waals surface area contributed by atoms with Gasteiger partial charge in [0.25, 0.3) is 0 Å². The summed E-state index contributed by atoms with van der Waals surface area (Å²) in [5, 5.41) is 18.2. The van der Waals surface area contributed by atoms with Gasteiger partial charge in [-0.15, -0.1) is 0 Å². The van der Waals surface area contributed by atoms with E-state index in [1.54, 1.807) is 13.8 Å². The normalized spacial score (nSPS) is 19.6. The number of likely N-dealkylation sites (tertiary alicyclic amines) is 1. The maximum Gasteiger partial charge on any atom is 0.312 e. The second kappa shape index (κ2) is 9.38. The van der Waals surface area contributed by atoms with Crippen molar-refractivity contribution in [3.05, 3.63) is 56.9 Å². The summed E-state index contributed by atoms with van der Waals surface area (Å²) in [6, 6.07) is 8.18. The molecule has 0 unspecified atom stereocenters. The molecule has 2 atom stereocenters. The van der Waals surface area contributed by atoms with Crippen LogP contribution in [0.4, 0.5) is 5.69 Å². The number of nitro groups is 1. The fourth-order valence-corrected chi connectivity index (χ4v) is 4.54. The molecule has 2 aromatic rings. The molecule has 0 saturated carbocycles. The Kier molecular flexibility index (Phi) is 6.87. The highest BCUT2D eigenvalue weighted by Gasteiger charge is 2.24. The Balaban J connectivity index is 1.62. The van der Waals surface area contributed by atoms with Crippen molar-refractivity contribution in [1.29, 1.82) is 0 Å². The molecule has 1 fully saturated rings. The van der Waals surface area contributed by atoms with Crippen LogP contribution in [0.5, 0.6) is 0 Å². The lowest BCUT2D eigenvalue weighted by molar-refractivity contribution is -0.386. The molecule has 1 aromatic heterocycles. The minimum absolute atomic E-state index is 0.0295. The van der Waals surface area contributed by atoms with E-state index in [9.17, 15) is 14.9 Å². The van der Waals surface area contributed by atoms with Gasteiger partial charge < -0.3 is 5.32 Å². The molecular formula is C22H31N5O3. The van der Waals surface area contributed by atoms with E-state index < -0.39 is 4.92 Å². The zero-order chi connectivity index (χ0) is 21.8. The third-order valence-corrected chi connectivity index (χ3v) is 5.75. The molecule has 0 bridgehead atoms. The largest absolute Gasteiger partial charge is 0.350 e. The van der Waals surface area contributed by atoms with Crippen molar-refractivity contribution in [1.82, 2.24) is 20.0 Å². The summed E-state index contributed by atoms with van der Waals surface area (Å²) in [6.45, 7) is 11.3. The number of hydrogen-bond donors (Lipinski definition) is 1. The number of aromatic nitrogens is 2. The van der Waals surface area contributed by atoms with E-state index in [0.717, 1.165) is 25.2 Å². The number of carbonyl (C=O) groups excluding carboxylic acids is 1. The van der Waals surface area contributed by atoms with Crippen LogP contribution in [0.25, 0.3) is 0 Å². The average molecular weight is 414 g/mol. The molecule has 0 radical (unpaired) electrons. The number of rotatable bonds is 7. The van der Waals surface area contributed by atoms with E-state index in [1.165, 1.54) is 16.7 Å². The van der Waals surface area contributed by atoms with Gasteiger partial charge in [-0.05, 0) is 43.2 Å². The van der Waals surface area contributed by atoms with Crippen molar-refractivity contribution in [2.45, 2.75) is 53.8 Å². The molecule has 0 spiro atoms. The highest BCUT2D eigenvalue weighted by atomic mass is 16.6. The molecular weight excluding hydrogens is 382 g/mol. The molecule has 3 rings (SSSR count). The Hall–Kier alpha value is -2.74. The van der Waals surface area contributed by atoms with Crippen molar-refractivity contribution in [3.8, 4) is 0 Å². The fourth-order valence-electron chi connectivity index (χ4n) is 4.54. The monoisotopic (exact) mass is 413 g/mol. The van der Waals surface area contributed by atoms with Crippen molar-refractivity contribution in [2.24, 2.45) is 11.8 Å². The maximum absolute atomic E-state index is 12.5. The van der Waals surface area contributed by atoms with Crippen LogP contribution in [0.2, 0.25) is 0 Å². The lowest BCUT2D eigenvalue weighted by Gasteiger charge is -2.35. The SMILES string of the molecule is Cc1nn(CC(=O)NCc2ccccc2CN2C[C@H](C)C[C@H](C)C2)c(C)c1[N+](=O)[O-]. The van der Waals surface area contributed by atoms with Crippen LogP contribution in [-0.2, 0) is 24.4 Å². The zero-order valence-electron chi connectivity index (χ0n) is 18.2. The summed E-state index contributed by atoms with van der Waals surface area (Å²) in [5.41, 5.74) is 3.00. The molecule has 8 heteroatoms. The number of piperidine rings is 1. The van der Waals surface area contributed by atoms with Gasteiger partial charge >= 0.3 is 5.69 Å². The standard InChI is InChI=1S/C22H31N5O3/c1-15-9-16(2)12-25(11-15)13-20-8-6-5-7-19(20)10-23-21(28)14-26-18(4)22(27(29)30)17(3)24-26/h5-8,15-16H,9-14H2,1-4H3,(H,23,28)/t15-,16+. The lowest BCUT2D eigenvalue weighted by Crippen LogP contribution is -2.38. The minimum atomic E-state index is -0.454. The second-order valence-corrected chi connectivity index (χ2v) is 8.62. The number of benzene rings is 1. The summed E-state index contributed by atoms with van der Waals surface area (Å²) in [4.78, 5) is 25.6. The second-order valence-electron chi connectivity index (χ2n) is 8.62. The smallest absolute Gasteiger partial charge is 0.312 e. The van der Waals surface area contributed by atoms with E-state index in [-0.39, 0.29) is 18.1 Å². The molecule has 8 nitrogen and oxygen atoms in total. The Labute approximate surface area is 177 Å². The third-order valence-electron chi connectivity index (χ3n) is 5.75. The van der Waals surface area contributed by atoms with Gasteiger partial charge in [0, 0.05) is 26.2 Å². The highest BCUT2D eigenvalue weighted by molar-refractivity contribution is 5.75. The van der Waals surface area contributed by atoms with Crippen molar-refractivity contribution in [3.63, 3.8) is 0 Å². The van der Waals surface area contributed by atoms with Crippen molar-refractivity contribution >= 4 is 11.6 Å². The highest BCUT2D eigenvalue weighted by Crippen LogP contribution is 2.24. The first-order valence-electron chi connectivity index (χ1n) is 10.5. The lowest BCUT2D eigenvalue weighted by atomic mass is 9.91. The molecule has 1 saturated heterocycles. The van der Waals surface area contributed by atoms with E-state index in [4.69, 9.17) is 0 Å².